The van der Waals surface area contributed by atoms with Gasteiger partial charge < -0.3 is 9.72 Å². The second kappa shape index (κ2) is 8.51. The van der Waals surface area contributed by atoms with Crippen molar-refractivity contribution >= 4 is 34.5 Å². The average Bonchev–Trinajstić information content (AvgIpc) is 2.65. The summed E-state index contributed by atoms with van der Waals surface area (Å²) in [5, 5.41) is 1.02. The van der Waals surface area contributed by atoms with Crippen LogP contribution in [0.4, 0.5) is 0 Å². The van der Waals surface area contributed by atoms with E-state index in [9.17, 15) is 14.4 Å². The molecular formula is C20H17ClN2O4. The minimum Gasteiger partial charge on any atom is -0.462 e. The van der Waals surface area contributed by atoms with E-state index in [1.54, 1.807) is 48.5 Å². The van der Waals surface area contributed by atoms with Crippen molar-refractivity contribution in [2.75, 3.05) is 6.61 Å². The third-order valence-corrected chi connectivity index (χ3v) is 4.16. The molecule has 2 aromatic carbocycles. The summed E-state index contributed by atoms with van der Waals surface area (Å²) in [6, 6.07) is 13.9. The molecule has 0 amide bonds. The number of benzene rings is 2. The van der Waals surface area contributed by atoms with Gasteiger partial charge in [-0.25, -0.2) is 9.59 Å². The molecule has 3 rings (SSSR count). The number of carbonyl (C=O) groups excluding carboxylic acids is 1. The van der Waals surface area contributed by atoms with E-state index in [0.717, 1.165) is 10.1 Å². The van der Waals surface area contributed by atoms with Crippen LogP contribution in [0.15, 0.2) is 64.2 Å². The number of nitrogens with one attached hydrogen (secondary N) is 1. The fourth-order valence-electron chi connectivity index (χ4n) is 2.62. The smallest absolute Gasteiger partial charge is 0.330 e. The number of nitrogens with zero attached hydrogens (tertiary/aromatic N) is 1. The first-order chi connectivity index (χ1) is 13.0. The Hall–Kier alpha value is -3.12. The molecule has 1 aromatic heterocycles. The molecule has 0 atom stereocenters. The topological polar surface area (TPSA) is 81.2 Å². The lowest BCUT2D eigenvalue weighted by Crippen LogP contribution is -2.35. The molecule has 27 heavy (non-hydrogen) atoms. The lowest BCUT2D eigenvalue weighted by Gasteiger charge is -2.06. The maximum absolute atomic E-state index is 12.4. The number of hydrogen-bond acceptors (Lipinski definition) is 4. The Kier molecular flexibility index (Phi) is 5.88. The summed E-state index contributed by atoms with van der Waals surface area (Å²) in [5.74, 6) is -0.505. The predicted molar refractivity (Wildman–Crippen MR) is 105 cm³/mol. The molecule has 0 fully saturated rings. The minimum absolute atomic E-state index is 0.0947. The van der Waals surface area contributed by atoms with E-state index in [1.165, 1.54) is 6.08 Å². The van der Waals surface area contributed by atoms with Crippen LogP contribution in [-0.2, 0) is 16.1 Å². The first-order valence-electron chi connectivity index (χ1n) is 8.37. The van der Waals surface area contributed by atoms with E-state index < -0.39 is 11.7 Å². The molecule has 3 aromatic rings. The molecule has 0 unspecified atom stereocenters. The molecular weight excluding hydrogens is 368 g/mol. The number of halogens is 1. The molecule has 0 bridgehead atoms. The van der Waals surface area contributed by atoms with E-state index in [1.807, 2.05) is 6.07 Å². The van der Waals surface area contributed by atoms with Crippen molar-refractivity contribution in [1.82, 2.24) is 9.55 Å². The second-order valence-electron chi connectivity index (χ2n) is 5.84. The van der Waals surface area contributed by atoms with Crippen molar-refractivity contribution in [2.45, 2.75) is 13.0 Å². The Balaban J connectivity index is 1.56. The van der Waals surface area contributed by atoms with Crippen LogP contribution in [0, 0.1) is 0 Å². The standard InChI is InChI=1S/C20H17ClN2O4/c21-15-6-3-5-14(13-15)9-10-18(24)27-12-4-11-23-19(25)16-7-1-2-8-17(16)22-20(23)26/h1-3,5-10,13H,4,11-12H2,(H,22,26)/b10-9+. The van der Waals surface area contributed by atoms with Crippen LogP contribution < -0.4 is 11.2 Å². The molecule has 7 heteroatoms. The number of H-pyrrole nitrogens is 1. The molecule has 0 aliphatic carbocycles. The van der Waals surface area contributed by atoms with Crippen LogP contribution >= 0.6 is 11.6 Å². The van der Waals surface area contributed by atoms with Gasteiger partial charge in [0, 0.05) is 17.6 Å². The highest BCUT2D eigenvalue weighted by atomic mass is 35.5. The van der Waals surface area contributed by atoms with Crippen molar-refractivity contribution in [3.63, 3.8) is 0 Å². The largest absolute Gasteiger partial charge is 0.462 e. The zero-order valence-corrected chi connectivity index (χ0v) is 15.1. The maximum atomic E-state index is 12.4. The van der Waals surface area contributed by atoms with E-state index >= 15 is 0 Å². The van der Waals surface area contributed by atoms with E-state index in [0.29, 0.717) is 22.3 Å². The third-order valence-electron chi connectivity index (χ3n) is 3.92. The summed E-state index contributed by atoms with van der Waals surface area (Å²) in [4.78, 5) is 38.8. The fraction of sp³-hybridized carbons (Fsp3) is 0.150. The second-order valence-corrected chi connectivity index (χ2v) is 6.28. The molecule has 6 nitrogen and oxygen atoms in total. The Morgan fingerprint density at radius 1 is 1.15 bits per heavy atom. The highest BCUT2D eigenvalue weighted by Gasteiger charge is 2.07. The van der Waals surface area contributed by atoms with E-state index in [-0.39, 0.29) is 18.7 Å². The number of aromatic amines is 1. The quantitative estimate of drug-likeness (QED) is 0.402. The normalized spacial score (nSPS) is 11.1. The minimum atomic E-state index is -0.505. The van der Waals surface area contributed by atoms with Crippen molar-refractivity contribution < 1.29 is 9.53 Å². The van der Waals surface area contributed by atoms with Gasteiger partial charge in [-0.05, 0) is 42.3 Å². The van der Waals surface area contributed by atoms with Crippen LogP contribution in [-0.4, -0.2) is 22.1 Å². The first-order valence-corrected chi connectivity index (χ1v) is 8.74. The van der Waals surface area contributed by atoms with Gasteiger partial charge in [-0.2, -0.15) is 0 Å². The lowest BCUT2D eigenvalue weighted by atomic mass is 10.2. The summed E-state index contributed by atoms with van der Waals surface area (Å²) in [6.07, 6.45) is 3.26. The molecule has 0 aliphatic heterocycles. The van der Waals surface area contributed by atoms with Crippen LogP contribution in [0.1, 0.15) is 12.0 Å². The van der Waals surface area contributed by atoms with Gasteiger partial charge in [-0.1, -0.05) is 35.9 Å². The van der Waals surface area contributed by atoms with Crippen LogP contribution in [0.2, 0.25) is 5.02 Å². The van der Waals surface area contributed by atoms with Gasteiger partial charge in [0.05, 0.1) is 17.5 Å². The summed E-state index contributed by atoms with van der Waals surface area (Å²) in [7, 11) is 0. The first kappa shape index (κ1) is 18.7. The number of carbonyl (C=O) groups is 1. The maximum Gasteiger partial charge on any atom is 0.330 e. The molecule has 0 aliphatic rings. The molecule has 0 saturated heterocycles. The van der Waals surface area contributed by atoms with Crippen molar-refractivity contribution in [2.24, 2.45) is 0 Å². The summed E-state index contributed by atoms with van der Waals surface area (Å²) in [6.45, 7) is 0.252. The van der Waals surface area contributed by atoms with Gasteiger partial charge in [0.2, 0.25) is 0 Å². The van der Waals surface area contributed by atoms with Crippen molar-refractivity contribution in [3.8, 4) is 0 Å². The monoisotopic (exact) mass is 384 g/mol. The van der Waals surface area contributed by atoms with E-state index in [2.05, 4.69) is 4.98 Å². The number of rotatable bonds is 6. The third kappa shape index (κ3) is 4.74. The molecule has 0 radical (unpaired) electrons. The Bertz CT molecular complexity index is 1110. The lowest BCUT2D eigenvalue weighted by molar-refractivity contribution is -0.137. The number of ether oxygens (including phenoxy) is 1. The summed E-state index contributed by atoms with van der Waals surface area (Å²) >= 11 is 5.88. The highest BCUT2D eigenvalue weighted by molar-refractivity contribution is 6.30. The number of fused-ring (bicyclic) bond motifs is 1. The van der Waals surface area contributed by atoms with Crippen LogP contribution in [0.3, 0.4) is 0 Å². The van der Waals surface area contributed by atoms with Gasteiger partial charge in [0.15, 0.2) is 0 Å². The number of hydrogen-bond donors (Lipinski definition) is 1. The van der Waals surface area contributed by atoms with Crippen LogP contribution in [0.25, 0.3) is 17.0 Å². The SMILES string of the molecule is O=C(/C=C/c1cccc(Cl)c1)OCCCn1c(=O)[nH]c2ccccc2c1=O. The molecule has 0 saturated carbocycles. The van der Waals surface area contributed by atoms with Gasteiger partial charge >= 0.3 is 11.7 Å². The zero-order valence-electron chi connectivity index (χ0n) is 14.4. The molecule has 1 N–H and O–H groups in total. The van der Waals surface area contributed by atoms with Crippen molar-refractivity contribution in [1.29, 1.82) is 0 Å². The zero-order chi connectivity index (χ0) is 19.2. The Labute approximate surface area is 159 Å². The summed E-state index contributed by atoms with van der Waals surface area (Å²) in [5.41, 5.74) is 0.447. The van der Waals surface area contributed by atoms with Gasteiger partial charge in [0.25, 0.3) is 5.56 Å². The molecule has 138 valence electrons. The van der Waals surface area contributed by atoms with Gasteiger partial charge in [-0.15, -0.1) is 0 Å². The highest BCUT2D eigenvalue weighted by Crippen LogP contribution is 2.11. The number of aromatic nitrogens is 2. The molecule has 1 heterocycles. The fourth-order valence-corrected chi connectivity index (χ4v) is 2.82. The number of esters is 1. The Morgan fingerprint density at radius 2 is 1.96 bits per heavy atom. The molecule has 0 spiro atoms. The van der Waals surface area contributed by atoms with E-state index in [4.69, 9.17) is 16.3 Å². The Morgan fingerprint density at radius 3 is 2.78 bits per heavy atom. The van der Waals surface area contributed by atoms with Crippen molar-refractivity contribution in [3.05, 3.63) is 86.0 Å². The average molecular weight is 385 g/mol. The van der Waals surface area contributed by atoms with Gasteiger partial charge in [-0.3, -0.25) is 9.36 Å². The summed E-state index contributed by atoms with van der Waals surface area (Å²) < 4.78 is 6.21. The predicted octanol–water partition coefficient (Wildman–Crippen LogP) is 2.99. The van der Waals surface area contributed by atoms with Crippen LogP contribution in [0.5, 0.6) is 0 Å². The van der Waals surface area contributed by atoms with Gasteiger partial charge in [0.1, 0.15) is 0 Å². The number of para-hydroxylation sites is 1.